The van der Waals surface area contributed by atoms with E-state index in [-0.39, 0.29) is 0 Å². The van der Waals surface area contributed by atoms with Crippen LogP contribution in [0.4, 0.5) is 15.5 Å². The zero-order valence-corrected chi connectivity index (χ0v) is 10.5. The molecule has 0 radical (unpaired) electrons. The van der Waals surface area contributed by atoms with E-state index in [9.17, 15) is 4.79 Å². The van der Waals surface area contributed by atoms with Crippen LogP contribution < -0.4 is 4.90 Å². The maximum Gasteiger partial charge on any atom is 0.419 e. The summed E-state index contributed by atoms with van der Waals surface area (Å²) in [5, 5.41) is 0.619. The van der Waals surface area contributed by atoms with E-state index in [1.165, 1.54) is 29.5 Å². The third-order valence-corrected chi connectivity index (χ3v) is 3.16. The second kappa shape index (κ2) is 5.16. The smallest absolute Gasteiger partial charge is 0.419 e. The zero-order chi connectivity index (χ0) is 12.3. The standard InChI is InChI=1S/C11H9ClN2O2S/c1-16-11(15)14(8-5-3-2-4-6-8)9-7-13-10(12)17-9/h2-7H,1H3. The number of para-hydroxylation sites is 1. The molecule has 2 aromatic rings. The summed E-state index contributed by atoms with van der Waals surface area (Å²) in [4.78, 5) is 17.1. The molecule has 4 nitrogen and oxygen atoms in total. The molecule has 1 amide bonds. The highest BCUT2D eigenvalue weighted by molar-refractivity contribution is 7.19. The molecule has 0 saturated heterocycles. The van der Waals surface area contributed by atoms with Crippen LogP contribution in [0.3, 0.4) is 0 Å². The predicted molar refractivity (Wildman–Crippen MR) is 68.1 cm³/mol. The van der Waals surface area contributed by atoms with Crippen molar-refractivity contribution in [3.63, 3.8) is 0 Å². The van der Waals surface area contributed by atoms with Gasteiger partial charge >= 0.3 is 6.09 Å². The molecule has 0 N–H and O–H groups in total. The average Bonchev–Trinajstić information content (AvgIpc) is 2.77. The van der Waals surface area contributed by atoms with Gasteiger partial charge in [-0.3, -0.25) is 0 Å². The number of methoxy groups -OCH3 is 1. The Hall–Kier alpha value is -1.59. The number of hydrogen-bond acceptors (Lipinski definition) is 4. The Morgan fingerprint density at radius 1 is 1.41 bits per heavy atom. The van der Waals surface area contributed by atoms with E-state index in [1.54, 1.807) is 0 Å². The van der Waals surface area contributed by atoms with E-state index in [1.807, 2.05) is 30.3 Å². The molecule has 0 saturated carbocycles. The summed E-state index contributed by atoms with van der Waals surface area (Å²) in [5.41, 5.74) is 0.708. The highest BCUT2D eigenvalue weighted by Crippen LogP contribution is 2.32. The van der Waals surface area contributed by atoms with Gasteiger partial charge in [0, 0.05) is 0 Å². The molecule has 0 unspecified atom stereocenters. The number of anilines is 2. The van der Waals surface area contributed by atoms with Gasteiger partial charge in [-0.15, -0.1) is 0 Å². The van der Waals surface area contributed by atoms with Crippen LogP contribution >= 0.6 is 22.9 Å². The molecule has 88 valence electrons. The number of amides is 1. The highest BCUT2D eigenvalue weighted by atomic mass is 35.5. The Kier molecular flexibility index (Phi) is 3.61. The van der Waals surface area contributed by atoms with Gasteiger partial charge in [-0.2, -0.15) is 0 Å². The lowest BCUT2D eigenvalue weighted by atomic mass is 10.3. The minimum Gasteiger partial charge on any atom is -0.452 e. The van der Waals surface area contributed by atoms with Crippen molar-refractivity contribution in [3.8, 4) is 0 Å². The molecule has 0 spiro atoms. The molecule has 0 aliphatic carbocycles. The van der Waals surface area contributed by atoms with Crippen molar-refractivity contribution in [1.82, 2.24) is 4.98 Å². The van der Waals surface area contributed by atoms with Crippen molar-refractivity contribution in [1.29, 1.82) is 0 Å². The van der Waals surface area contributed by atoms with Crippen LogP contribution in [-0.4, -0.2) is 18.2 Å². The molecule has 0 fully saturated rings. The molecular formula is C11H9ClN2O2S. The number of ether oxygens (including phenoxy) is 1. The summed E-state index contributed by atoms with van der Waals surface area (Å²) in [7, 11) is 1.33. The van der Waals surface area contributed by atoms with Crippen LogP contribution in [0.2, 0.25) is 4.47 Å². The van der Waals surface area contributed by atoms with Crippen LogP contribution in [0.15, 0.2) is 36.5 Å². The number of carbonyl (C=O) groups is 1. The van der Waals surface area contributed by atoms with Crippen LogP contribution in [0, 0.1) is 0 Å². The van der Waals surface area contributed by atoms with E-state index in [4.69, 9.17) is 16.3 Å². The van der Waals surface area contributed by atoms with Crippen molar-refractivity contribution in [2.24, 2.45) is 0 Å². The number of aromatic nitrogens is 1. The molecule has 0 aliphatic rings. The topological polar surface area (TPSA) is 42.4 Å². The lowest BCUT2D eigenvalue weighted by Crippen LogP contribution is -2.24. The summed E-state index contributed by atoms with van der Waals surface area (Å²) in [6, 6.07) is 9.18. The SMILES string of the molecule is COC(=O)N(c1ccccc1)c1cnc(Cl)s1. The number of nitrogens with zero attached hydrogens (tertiary/aromatic N) is 2. The molecule has 2 rings (SSSR count). The first-order valence-electron chi connectivity index (χ1n) is 4.77. The van der Waals surface area contributed by atoms with E-state index < -0.39 is 6.09 Å². The third kappa shape index (κ3) is 2.57. The summed E-state index contributed by atoms with van der Waals surface area (Å²) in [5.74, 6) is 0. The summed E-state index contributed by atoms with van der Waals surface area (Å²) < 4.78 is 5.13. The number of hydrogen-bond donors (Lipinski definition) is 0. The first-order chi connectivity index (χ1) is 8.22. The first kappa shape index (κ1) is 11.9. The van der Waals surface area contributed by atoms with Crippen molar-refractivity contribution in [3.05, 3.63) is 41.0 Å². The highest BCUT2D eigenvalue weighted by Gasteiger charge is 2.20. The van der Waals surface area contributed by atoms with E-state index in [0.717, 1.165) is 0 Å². The fraction of sp³-hybridized carbons (Fsp3) is 0.0909. The first-order valence-corrected chi connectivity index (χ1v) is 5.96. The molecule has 0 atom stereocenters. The second-order valence-electron chi connectivity index (χ2n) is 3.09. The fourth-order valence-corrected chi connectivity index (χ4v) is 2.28. The molecule has 0 bridgehead atoms. The number of carbonyl (C=O) groups excluding carboxylic acids is 1. The molecule has 1 aromatic heterocycles. The average molecular weight is 269 g/mol. The summed E-state index contributed by atoms with van der Waals surface area (Å²) in [6.45, 7) is 0. The number of thiazole rings is 1. The molecule has 1 aromatic carbocycles. The minimum absolute atomic E-state index is 0.379. The van der Waals surface area contributed by atoms with Gasteiger partial charge in [0.05, 0.1) is 19.0 Å². The van der Waals surface area contributed by atoms with E-state index >= 15 is 0 Å². The van der Waals surface area contributed by atoms with Gasteiger partial charge < -0.3 is 4.74 Å². The number of halogens is 1. The predicted octanol–water partition coefficient (Wildman–Crippen LogP) is 3.70. The quantitative estimate of drug-likeness (QED) is 0.834. The Morgan fingerprint density at radius 3 is 2.65 bits per heavy atom. The summed E-state index contributed by atoms with van der Waals surface area (Å²) in [6.07, 6.45) is 1.06. The van der Waals surface area contributed by atoms with Gasteiger partial charge in [0.15, 0.2) is 4.47 Å². The van der Waals surface area contributed by atoms with Crippen LogP contribution in [0.5, 0.6) is 0 Å². The Labute approximate surface area is 107 Å². The van der Waals surface area contributed by atoms with Crippen molar-refractivity contribution < 1.29 is 9.53 Å². The lowest BCUT2D eigenvalue weighted by molar-refractivity contribution is 0.182. The Bertz CT molecular complexity index is 515. The third-order valence-electron chi connectivity index (χ3n) is 2.06. The molecular weight excluding hydrogens is 260 g/mol. The van der Waals surface area contributed by atoms with E-state index in [0.29, 0.717) is 15.2 Å². The van der Waals surface area contributed by atoms with Crippen LogP contribution in [0.25, 0.3) is 0 Å². The Balaban J connectivity index is 2.42. The normalized spacial score (nSPS) is 10.0. The van der Waals surface area contributed by atoms with Gasteiger partial charge in [0.25, 0.3) is 0 Å². The Morgan fingerprint density at radius 2 is 2.12 bits per heavy atom. The molecule has 6 heteroatoms. The van der Waals surface area contributed by atoms with Crippen molar-refractivity contribution in [2.45, 2.75) is 0 Å². The maximum atomic E-state index is 11.8. The van der Waals surface area contributed by atoms with Crippen molar-refractivity contribution >= 4 is 39.7 Å². The second-order valence-corrected chi connectivity index (χ2v) is 4.68. The maximum absolute atomic E-state index is 11.8. The minimum atomic E-state index is -0.475. The number of benzene rings is 1. The van der Waals surface area contributed by atoms with Gasteiger partial charge in [-0.25, -0.2) is 14.7 Å². The fourth-order valence-electron chi connectivity index (χ4n) is 1.34. The van der Waals surface area contributed by atoms with Gasteiger partial charge in [-0.1, -0.05) is 41.1 Å². The van der Waals surface area contributed by atoms with E-state index in [2.05, 4.69) is 4.98 Å². The number of rotatable bonds is 2. The zero-order valence-electron chi connectivity index (χ0n) is 8.96. The monoisotopic (exact) mass is 268 g/mol. The van der Waals surface area contributed by atoms with Crippen molar-refractivity contribution in [2.75, 3.05) is 12.0 Å². The van der Waals surface area contributed by atoms with Gasteiger partial charge in [0.2, 0.25) is 0 Å². The van der Waals surface area contributed by atoms with Crippen LogP contribution in [-0.2, 0) is 4.74 Å². The lowest BCUT2D eigenvalue weighted by Gasteiger charge is -2.18. The summed E-state index contributed by atoms with van der Waals surface area (Å²) >= 11 is 6.98. The molecule has 17 heavy (non-hydrogen) atoms. The molecule has 0 aliphatic heterocycles. The van der Waals surface area contributed by atoms with Gasteiger partial charge in [-0.05, 0) is 12.1 Å². The molecule has 1 heterocycles. The largest absolute Gasteiger partial charge is 0.452 e. The van der Waals surface area contributed by atoms with Gasteiger partial charge in [0.1, 0.15) is 5.00 Å². The van der Waals surface area contributed by atoms with Crippen LogP contribution in [0.1, 0.15) is 0 Å².